The molecule has 0 aliphatic carbocycles. The van der Waals surface area contributed by atoms with Gasteiger partial charge in [-0.05, 0) is 25.9 Å². The summed E-state index contributed by atoms with van der Waals surface area (Å²) < 4.78 is 1.46. The molecule has 1 aromatic rings. The normalized spacial score (nSPS) is 16.9. The predicted octanol–water partition coefficient (Wildman–Crippen LogP) is -0.667. The summed E-state index contributed by atoms with van der Waals surface area (Å²) in [6.45, 7) is 1.69. The van der Waals surface area contributed by atoms with E-state index in [1.807, 2.05) is 0 Å². The molecule has 2 heterocycles. The van der Waals surface area contributed by atoms with Crippen molar-refractivity contribution in [3.05, 3.63) is 32.6 Å². The molecule has 1 aromatic heterocycles. The molecule has 1 saturated heterocycles. The molecule has 6 nitrogen and oxygen atoms in total. The molecule has 0 radical (unpaired) electrons. The Hall–Kier alpha value is -1.87. The predicted molar refractivity (Wildman–Crippen MR) is 57.2 cm³/mol. The molecule has 16 heavy (non-hydrogen) atoms. The van der Waals surface area contributed by atoms with Gasteiger partial charge in [0.05, 0.1) is 0 Å². The highest BCUT2D eigenvalue weighted by Crippen LogP contribution is 2.15. The van der Waals surface area contributed by atoms with E-state index in [0.29, 0.717) is 0 Å². The Kier molecular flexibility index (Phi) is 2.88. The highest BCUT2D eigenvalue weighted by Gasteiger charge is 2.17. The molecule has 1 aliphatic rings. The van der Waals surface area contributed by atoms with E-state index >= 15 is 0 Å². The van der Waals surface area contributed by atoms with E-state index in [2.05, 4.69) is 10.3 Å². The third-order valence-corrected chi connectivity index (χ3v) is 2.79. The van der Waals surface area contributed by atoms with Gasteiger partial charge in [0.2, 0.25) is 0 Å². The highest BCUT2D eigenvalue weighted by molar-refractivity contribution is 5.21. The van der Waals surface area contributed by atoms with E-state index in [9.17, 15) is 9.59 Å². The summed E-state index contributed by atoms with van der Waals surface area (Å²) in [5.74, 6) is 0. The maximum absolute atomic E-state index is 11.6. The van der Waals surface area contributed by atoms with Crippen LogP contribution in [-0.2, 0) is 0 Å². The van der Waals surface area contributed by atoms with Crippen molar-refractivity contribution in [1.82, 2.24) is 14.9 Å². The molecule has 0 saturated carbocycles. The Balaban J connectivity index is 2.44. The van der Waals surface area contributed by atoms with Gasteiger partial charge >= 0.3 is 5.69 Å². The molecule has 2 rings (SSSR count). The van der Waals surface area contributed by atoms with Crippen molar-refractivity contribution < 1.29 is 0 Å². The number of aromatic amines is 1. The number of aromatic nitrogens is 2. The summed E-state index contributed by atoms with van der Waals surface area (Å²) in [5, 5.41) is 11.9. The zero-order chi connectivity index (χ0) is 11.5. The van der Waals surface area contributed by atoms with E-state index in [-0.39, 0.29) is 11.6 Å². The Morgan fingerprint density at radius 1 is 1.38 bits per heavy atom. The maximum Gasteiger partial charge on any atom is 0.328 e. The lowest BCUT2D eigenvalue weighted by atomic mass is 10.1. The van der Waals surface area contributed by atoms with Gasteiger partial charge in [0.15, 0.2) is 0 Å². The lowest BCUT2D eigenvalue weighted by molar-refractivity contribution is 0.356. The van der Waals surface area contributed by atoms with Crippen LogP contribution in [0.25, 0.3) is 0 Å². The summed E-state index contributed by atoms with van der Waals surface area (Å²) in [6, 6.07) is 1.85. The molecule has 84 valence electrons. The van der Waals surface area contributed by atoms with Crippen molar-refractivity contribution in [2.45, 2.75) is 18.9 Å². The summed E-state index contributed by atoms with van der Waals surface area (Å²) in [6.07, 6.45) is 3.02. The average Bonchev–Trinajstić information content (AvgIpc) is 2.30. The Labute approximate surface area is 91.5 Å². The van der Waals surface area contributed by atoms with Crippen LogP contribution in [0.1, 0.15) is 24.4 Å². The first kappa shape index (κ1) is 10.6. The largest absolute Gasteiger partial charge is 0.328 e. The first-order chi connectivity index (χ1) is 7.72. The number of H-pyrrole nitrogens is 1. The molecule has 6 heteroatoms. The second-order valence-electron chi connectivity index (χ2n) is 3.80. The number of nitrogens with zero attached hydrogens (tertiary/aromatic N) is 2. The summed E-state index contributed by atoms with van der Waals surface area (Å²) in [4.78, 5) is 25.0. The van der Waals surface area contributed by atoms with Crippen LogP contribution >= 0.6 is 0 Å². The smallest absolute Gasteiger partial charge is 0.317 e. The van der Waals surface area contributed by atoms with E-state index in [4.69, 9.17) is 5.26 Å². The molecule has 0 amide bonds. The molecule has 0 bridgehead atoms. The number of hydrogen-bond acceptors (Lipinski definition) is 4. The zero-order valence-corrected chi connectivity index (χ0v) is 8.69. The van der Waals surface area contributed by atoms with E-state index in [1.165, 1.54) is 10.8 Å². The topological polar surface area (TPSA) is 90.7 Å². The monoisotopic (exact) mass is 220 g/mol. The zero-order valence-electron chi connectivity index (χ0n) is 8.69. The Morgan fingerprint density at radius 3 is 2.69 bits per heavy atom. The first-order valence-corrected chi connectivity index (χ1v) is 5.18. The highest BCUT2D eigenvalue weighted by atomic mass is 16.2. The molecule has 1 fully saturated rings. The van der Waals surface area contributed by atoms with Crippen LogP contribution in [0.4, 0.5) is 0 Å². The second kappa shape index (κ2) is 4.33. The summed E-state index contributed by atoms with van der Waals surface area (Å²) in [7, 11) is 0. The van der Waals surface area contributed by atoms with Gasteiger partial charge in [0.1, 0.15) is 11.6 Å². The van der Waals surface area contributed by atoms with Gasteiger partial charge in [-0.25, -0.2) is 4.79 Å². The quantitative estimate of drug-likeness (QED) is 0.657. The van der Waals surface area contributed by atoms with Gasteiger partial charge in [-0.2, -0.15) is 5.26 Å². The minimum absolute atomic E-state index is 0.0156. The number of nitriles is 1. The second-order valence-corrected chi connectivity index (χ2v) is 3.80. The Morgan fingerprint density at radius 2 is 2.06 bits per heavy atom. The lowest BCUT2D eigenvalue weighted by Gasteiger charge is -2.24. The van der Waals surface area contributed by atoms with Crippen molar-refractivity contribution in [3.63, 3.8) is 0 Å². The Bertz CT molecular complexity index is 531. The minimum atomic E-state index is -0.613. The molecule has 1 aliphatic heterocycles. The van der Waals surface area contributed by atoms with Gasteiger partial charge < -0.3 is 5.32 Å². The fourth-order valence-corrected chi connectivity index (χ4v) is 1.92. The third-order valence-electron chi connectivity index (χ3n) is 2.79. The van der Waals surface area contributed by atoms with Crippen LogP contribution in [-0.4, -0.2) is 22.6 Å². The molecule has 0 atom stereocenters. The van der Waals surface area contributed by atoms with Crippen molar-refractivity contribution in [2.24, 2.45) is 0 Å². The van der Waals surface area contributed by atoms with Crippen molar-refractivity contribution in [3.8, 4) is 6.07 Å². The number of nitrogens with one attached hydrogen (secondary N) is 2. The van der Waals surface area contributed by atoms with Crippen LogP contribution in [0.2, 0.25) is 0 Å². The van der Waals surface area contributed by atoms with Crippen LogP contribution < -0.4 is 16.6 Å². The average molecular weight is 220 g/mol. The van der Waals surface area contributed by atoms with E-state index in [1.54, 1.807) is 6.07 Å². The van der Waals surface area contributed by atoms with Crippen LogP contribution in [0.5, 0.6) is 0 Å². The SMILES string of the molecule is N#Cc1cn(C2CCNCC2)c(=O)[nH]c1=O. The number of hydrogen-bond donors (Lipinski definition) is 2. The van der Waals surface area contributed by atoms with Gasteiger partial charge in [0, 0.05) is 12.2 Å². The summed E-state index contributed by atoms with van der Waals surface area (Å²) >= 11 is 0. The van der Waals surface area contributed by atoms with Crippen molar-refractivity contribution in [1.29, 1.82) is 5.26 Å². The maximum atomic E-state index is 11.6. The summed E-state index contributed by atoms with van der Waals surface area (Å²) in [5.41, 5.74) is -1.06. The van der Waals surface area contributed by atoms with Gasteiger partial charge in [-0.15, -0.1) is 0 Å². The third kappa shape index (κ3) is 1.90. The molecule has 2 N–H and O–H groups in total. The van der Waals surface area contributed by atoms with Gasteiger partial charge in [-0.3, -0.25) is 14.3 Å². The van der Waals surface area contributed by atoms with Crippen LogP contribution in [0, 0.1) is 11.3 Å². The van der Waals surface area contributed by atoms with Crippen LogP contribution in [0.3, 0.4) is 0 Å². The fourth-order valence-electron chi connectivity index (χ4n) is 1.92. The van der Waals surface area contributed by atoms with E-state index < -0.39 is 11.2 Å². The minimum Gasteiger partial charge on any atom is -0.317 e. The molecule has 0 spiro atoms. The lowest BCUT2D eigenvalue weighted by Crippen LogP contribution is -2.38. The fraction of sp³-hybridized carbons (Fsp3) is 0.500. The first-order valence-electron chi connectivity index (χ1n) is 5.18. The number of rotatable bonds is 1. The van der Waals surface area contributed by atoms with Crippen molar-refractivity contribution in [2.75, 3.05) is 13.1 Å². The molecular formula is C10H12N4O2. The standard InChI is InChI=1S/C10H12N4O2/c11-5-7-6-14(10(16)13-9(7)15)8-1-3-12-4-2-8/h6,8,12H,1-4H2,(H,13,15,16). The van der Waals surface area contributed by atoms with Gasteiger partial charge in [-0.1, -0.05) is 0 Å². The molecule has 0 unspecified atom stereocenters. The van der Waals surface area contributed by atoms with Crippen LogP contribution in [0.15, 0.2) is 15.8 Å². The molecular weight excluding hydrogens is 208 g/mol. The molecule has 0 aromatic carbocycles. The van der Waals surface area contributed by atoms with Crippen molar-refractivity contribution >= 4 is 0 Å². The van der Waals surface area contributed by atoms with Gasteiger partial charge in [0.25, 0.3) is 5.56 Å². The number of piperidine rings is 1. The van der Waals surface area contributed by atoms with E-state index in [0.717, 1.165) is 25.9 Å².